The number of nitrogens with zero attached hydrogens (tertiary/aromatic N) is 1. The van der Waals surface area contributed by atoms with Gasteiger partial charge in [-0.1, -0.05) is 51.4 Å². The van der Waals surface area contributed by atoms with Gasteiger partial charge in [-0.05, 0) is 43.9 Å². The highest BCUT2D eigenvalue weighted by Gasteiger charge is 2.41. The molecule has 0 spiro atoms. The minimum Gasteiger partial charge on any atom is -0.343 e. The van der Waals surface area contributed by atoms with Gasteiger partial charge in [-0.3, -0.25) is 4.79 Å². The first-order valence-electron chi connectivity index (χ1n) is 11.1. The van der Waals surface area contributed by atoms with E-state index in [2.05, 4.69) is 0 Å². The maximum absolute atomic E-state index is 13.0. The molecule has 0 radical (unpaired) electrons. The highest BCUT2D eigenvalue weighted by atomic mass is 32.2. The summed E-state index contributed by atoms with van der Waals surface area (Å²) < 4.78 is 25.9. The normalized spacial score (nSPS) is 30.9. The zero-order chi connectivity index (χ0) is 18.4. The SMILES string of the molecule is O=C(CCCS(=O)(=O)C1CCCC2CCCCC21)N1CCCCCCC1. The predicted octanol–water partition coefficient (Wildman–Crippen LogP) is 4.33. The van der Waals surface area contributed by atoms with Crippen LogP contribution in [0.15, 0.2) is 0 Å². The van der Waals surface area contributed by atoms with Crippen molar-refractivity contribution in [3.05, 3.63) is 0 Å². The second-order valence-corrected chi connectivity index (χ2v) is 11.1. The van der Waals surface area contributed by atoms with E-state index in [-0.39, 0.29) is 16.9 Å². The van der Waals surface area contributed by atoms with Crippen molar-refractivity contribution in [1.82, 2.24) is 4.90 Å². The van der Waals surface area contributed by atoms with Crippen LogP contribution in [-0.4, -0.2) is 43.3 Å². The third kappa shape index (κ3) is 5.24. The van der Waals surface area contributed by atoms with Gasteiger partial charge in [0.2, 0.25) is 5.91 Å². The number of carbonyl (C=O) groups is 1. The quantitative estimate of drug-likeness (QED) is 0.710. The Labute approximate surface area is 160 Å². The van der Waals surface area contributed by atoms with E-state index in [0.29, 0.717) is 24.7 Å². The van der Waals surface area contributed by atoms with Gasteiger partial charge >= 0.3 is 0 Å². The molecule has 3 unspecified atom stereocenters. The fraction of sp³-hybridized carbons (Fsp3) is 0.952. The minimum absolute atomic E-state index is 0.127. The molecule has 0 aromatic heterocycles. The molecule has 5 heteroatoms. The van der Waals surface area contributed by atoms with E-state index in [4.69, 9.17) is 0 Å². The van der Waals surface area contributed by atoms with E-state index >= 15 is 0 Å². The average Bonchev–Trinajstić information content (AvgIpc) is 2.60. The van der Waals surface area contributed by atoms with Gasteiger partial charge < -0.3 is 4.90 Å². The summed E-state index contributed by atoms with van der Waals surface area (Å²) in [5.74, 6) is 1.41. The Morgan fingerprint density at radius 2 is 1.46 bits per heavy atom. The lowest BCUT2D eigenvalue weighted by atomic mass is 9.71. The summed E-state index contributed by atoms with van der Waals surface area (Å²) >= 11 is 0. The highest BCUT2D eigenvalue weighted by molar-refractivity contribution is 7.92. The van der Waals surface area contributed by atoms with Gasteiger partial charge in [0.05, 0.1) is 11.0 Å². The Hall–Kier alpha value is -0.580. The smallest absolute Gasteiger partial charge is 0.222 e. The van der Waals surface area contributed by atoms with Crippen molar-refractivity contribution >= 4 is 15.7 Å². The summed E-state index contributed by atoms with van der Waals surface area (Å²) in [6.45, 7) is 1.72. The van der Waals surface area contributed by atoms with Crippen molar-refractivity contribution in [2.24, 2.45) is 11.8 Å². The highest BCUT2D eigenvalue weighted by Crippen LogP contribution is 2.43. The van der Waals surface area contributed by atoms with Crippen LogP contribution in [-0.2, 0) is 14.6 Å². The first kappa shape index (κ1) is 20.2. The van der Waals surface area contributed by atoms with Crippen LogP contribution in [0.1, 0.15) is 89.9 Å². The molecule has 0 aromatic rings. The Bertz CT molecular complexity index is 550. The lowest BCUT2D eigenvalue weighted by Gasteiger charge is -2.41. The molecule has 2 aliphatic carbocycles. The van der Waals surface area contributed by atoms with E-state index in [1.54, 1.807) is 0 Å². The summed E-state index contributed by atoms with van der Waals surface area (Å²) in [6.07, 6.45) is 14.7. The molecular weight excluding hydrogens is 346 g/mol. The lowest BCUT2D eigenvalue weighted by molar-refractivity contribution is -0.131. The molecular formula is C21H37NO3S. The topological polar surface area (TPSA) is 54.5 Å². The van der Waals surface area contributed by atoms with Gasteiger partial charge in [0.15, 0.2) is 9.84 Å². The molecule has 26 heavy (non-hydrogen) atoms. The second kappa shape index (κ2) is 9.57. The van der Waals surface area contributed by atoms with Crippen LogP contribution in [0, 0.1) is 11.8 Å². The maximum atomic E-state index is 13.0. The Morgan fingerprint density at radius 1 is 0.808 bits per heavy atom. The summed E-state index contributed by atoms with van der Waals surface area (Å²) in [7, 11) is -3.06. The van der Waals surface area contributed by atoms with E-state index in [1.165, 1.54) is 44.9 Å². The molecule has 3 aliphatic rings. The first-order valence-corrected chi connectivity index (χ1v) is 12.8. The zero-order valence-electron chi connectivity index (χ0n) is 16.3. The lowest BCUT2D eigenvalue weighted by Crippen LogP contribution is -2.41. The second-order valence-electron chi connectivity index (χ2n) is 8.80. The fourth-order valence-corrected chi connectivity index (χ4v) is 7.82. The third-order valence-corrected chi connectivity index (χ3v) is 9.36. The third-order valence-electron chi connectivity index (χ3n) is 7.00. The number of carbonyl (C=O) groups excluding carboxylic acids is 1. The Balaban J connectivity index is 1.48. The first-order chi connectivity index (χ1) is 12.6. The van der Waals surface area contributed by atoms with E-state index < -0.39 is 9.84 Å². The van der Waals surface area contributed by atoms with Gasteiger partial charge in [-0.15, -0.1) is 0 Å². The zero-order valence-corrected chi connectivity index (χ0v) is 17.1. The van der Waals surface area contributed by atoms with Crippen LogP contribution in [0.3, 0.4) is 0 Å². The summed E-state index contributed by atoms with van der Waals surface area (Å²) in [4.78, 5) is 14.5. The number of fused-ring (bicyclic) bond motifs is 1. The van der Waals surface area contributed by atoms with Gasteiger partial charge in [-0.25, -0.2) is 8.42 Å². The van der Waals surface area contributed by atoms with Crippen LogP contribution in [0.2, 0.25) is 0 Å². The Morgan fingerprint density at radius 3 is 2.23 bits per heavy atom. The molecule has 0 bridgehead atoms. The molecule has 4 nitrogen and oxygen atoms in total. The van der Waals surface area contributed by atoms with Gasteiger partial charge in [0, 0.05) is 19.5 Å². The monoisotopic (exact) mass is 383 g/mol. The van der Waals surface area contributed by atoms with Crippen LogP contribution in [0.5, 0.6) is 0 Å². The number of rotatable bonds is 5. The maximum Gasteiger partial charge on any atom is 0.222 e. The van der Waals surface area contributed by atoms with Crippen LogP contribution in [0.4, 0.5) is 0 Å². The van der Waals surface area contributed by atoms with E-state index in [9.17, 15) is 13.2 Å². The molecule has 150 valence electrons. The van der Waals surface area contributed by atoms with Crippen molar-refractivity contribution < 1.29 is 13.2 Å². The van der Waals surface area contributed by atoms with Crippen LogP contribution < -0.4 is 0 Å². The van der Waals surface area contributed by atoms with Gasteiger partial charge in [-0.2, -0.15) is 0 Å². The summed E-state index contributed by atoms with van der Waals surface area (Å²) in [5, 5.41) is -0.127. The van der Waals surface area contributed by atoms with Crippen molar-refractivity contribution in [3.8, 4) is 0 Å². The number of sulfone groups is 1. The van der Waals surface area contributed by atoms with Crippen molar-refractivity contribution in [2.45, 2.75) is 95.1 Å². The molecule has 1 saturated heterocycles. The van der Waals surface area contributed by atoms with Crippen LogP contribution >= 0.6 is 0 Å². The van der Waals surface area contributed by atoms with Gasteiger partial charge in [0.25, 0.3) is 0 Å². The largest absolute Gasteiger partial charge is 0.343 e. The molecule has 3 fully saturated rings. The molecule has 2 saturated carbocycles. The molecule has 3 atom stereocenters. The molecule has 1 amide bonds. The molecule has 3 rings (SSSR count). The fourth-order valence-electron chi connectivity index (χ4n) is 5.56. The number of amides is 1. The van der Waals surface area contributed by atoms with Gasteiger partial charge in [0.1, 0.15) is 0 Å². The number of likely N-dealkylation sites (tertiary alicyclic amines) is 1. The molecule has 0 aromatic carbocycles. The number of hydrogen-bond donors (Lipinski definition) is 0. The van der Waals surface area contributed by atoms with Crippen molar-refractivity contribution in [3.63, 3.8) is 0 Å². The molecule has 1 heterocycles. The predicted molar refractivity (Wildman–Crippen MR) is 106 cm³/mol. The molecule has 1 aliphatic heterocycles. The minimum atomic E-state index is -3.06. The van der Waals surface area contributed by atoms with E-state index in [0.717, 1.165) is 45.2 Å². The number of hydrogen-bond acceptors (Lipinski definition) is 3. The van der Waals surface area contributed by atoms with Crippen molar-refractivity contribution in [1.29, 1.82) is 0 Å². The average molecular weight is 384 g/mol. The Kier molecular flexibility index (Phi) is 7.42. The van der Waals surface area contributed by atoms with E-state index in [1.807, 2.05) is 4.90 Å². The van der Waals surface area contributed by atoms with Crippen LogP contribution in [0.25, 0.3) is 0 Å². The van der Waals surface area contributed by atoms with Crippen molar-refractivity contribution in [2.75, 3.05) is 18.8 Å². The molecule has 0 N–H and O–H groups in total. The standard InChI is InChI=1S/C21H37NO3S/c23-21(22-15-6-2-1-3-7-16-22)14-9-17-26(24,25)20-13-8-11-18-10-4-5-12-19(18)20/h18-20H,1-17H2. The summed E-state index contributed by atoms with van der Waals surface area (Å²) in [6, 6.07) is 0. The summed E-state index contributed by atoms with van der Waals surface area (Å²) in [5.41, 5.74) is 0.